The molecule has 2 rings (SSSR count). The molecule has 0 saturated carbocycles. The third kappa shape index (κ3) is 2.19. The van der Waals surface area contributed by atoms with Crippen molar-refractivity contribution in [3.8, 4) is 17.2 Å². The minimum Gasteiger partial charge on any atom is -0.507 e. The topological polar surface area (TPSA) is 76.0 Å². The highest BCUT2D eigenvalue weighted by molar-refractivity contribution is 9.10. The highest BCUT2D eigenvalue weighted by Crippen LogP contribution is 2.44. The Balaban J connectivity index is 2.92. The van der Waals surface area contributed by atoms with Gasteiger partial charge in [-0.25, -0.2) is 4.79 Å². The largest absolute Gasteiger partial charge is 0.507 e. The molecule has 2 N–H and O–H groups in total. The Hall–Kier alpha value is -1.95. The van der Waals surface area contributed by atoms with E-state index in [0.717, 1.165) is 0 Å². The van der Waals surface area contributed by atoms with Crippen LogP contribution in [0.15, 0.2) is 22.7 Å². The van der Waals surface area contributed by atoms with E-state index in [1.807, 2.05) is 0 Å². The summed E-state index contributed by atoms with van der Waals surface area (Å²) in [6.07, 6.45) is 0. The number of phenols is 1. The molecular formula is C13H11BrO5. The molecule has 100 valence electrons. The SMILES string of the molecule is COc1cc(Br)c2cc(C(=O)O)cc(O)c2c1OC. The van der Waals surface area contributed by atoms with E-state index in [9.17, 15) is 9.90 Å². The van der Waals surface area contributed by atoms with Crippen molar-refractivity contribution < 1.29 is 24.5 Å². The molecule has 0 aliphatic rings. The normalized spacial score (nSPS) is 10.5. The summed E-state index contributed by atoms with van der Waals surface area (Å²) in [6.45, 7) is 0. The number of aromatic hydroxyl groups is 1. The van der Waals surface area contributed by atoms with Crippen LogP contribution in [0.4, 0.5) is 0 Å². The average molecular weight is 327 g/mol. The molecule has 0 unspecified atom stereocenters. The fourth-order valence-electron chi connectivity index (χ4n) is 1.91. The number of ether oxygens (including phenoxy) is 2. The third-order valence-electron chi connectivity index (χ3n) is 2.75. The van der Waals surface area contributed by atoms with Gasteiger partial charge >= 0.3 is 5.97 Å². The second kappa shape index (κ2) is 4.97. The van der Waals surface area contributed by atoms with Crippen LogP contribution in [0, 0.1) is 0 Å². The van der Waals surface area contributed by atoms with Gasteiger partial charge in [0, 0.05) is 9.86 Å². The van der Waals surface area contributed by atoms with Gasteiger partial charge in [0.1, 0.15) is 5.75 Å². The Bertz CT molecular complexity index is 666. The molecule has 0 atom stereocenters. The predicted octanol–water partition coefficient (Wildman–Crippen LogP) is 3.02. The van der Waals surface area contributed by atoms with Crippen LogP contribution < -0.4 is 9.47 Å². The van der Waals surface area contributed by atoms with Crippen molar-refractivity contribution in [1.82, 2.24) is 0 Å². The molecule has 0 spiro atoms. The number of fused-ring (bicyclic) bond motifs is 1. The van der Waals surface area contributed by atoms with Crippen molar-refractivity contribution >= 4 is 32.7 Å². The van der Waals surface area contributed by atoms with Crippen LogP contribution >= 0.6 is 15.9 Å². The van der Waals surface area contributed by atoms with Crippen LogP contribution in [0.1, 0.15) is 10.4 Å². The van der Waals surface area contributed by atoms with Gasteiger partial charge in [0.05, 0.1) is 25.2 Å². The molecule has 2 aromatic rings. The van der Waals surface area contributed by atoms with Gasteiger partial charge in [-0.05, 0) is 18.2 Å². The van der Waals surface area contributed by atoms with Gasteiger partial charge in [0.2, 0.25) is 0 Å². The second-order valence-corrected chi connectivity index (χ2v) is 4.67. The lowest BCUT2D eigenvalue weighted by Gasteiger charge is -2.14. The lowest BCUT2D eigenvalue weighted by Crippen LogP contribution is -1.98. The molecule has 0 aliphatic carbocycles. The Morgan fingerprint density at radius 3 is 2.42 bits per heavy atom. The van der Waals surface area contributed by atoms with E-state index in [-0.39, 0.29) is 11.3 Å². The third-order valence-corrected chi connectivity index (χ3v) is 3.41. The number of carbonyl (C=O) groups is 1. The molecule has 0 aliphatic heterocycles. The zero-order valence-corrected chi connectivity index (χ0v) is 11.8. The lowest BCUT2D eigenvalue weighted by molar-refractivity contribution is 0.0696. The molecule has 6 heteroatoms. The van der Waals surface area contributed by atoms with E-state index in [4.69, 9.17) is 14.6 Å². The summed E-state index contributed by atoms with van der Waals surface area (Å²) in [5.41, 5.74) is -0.00193. The van der Waals surface area contributed by atoms with Gasteiger partial charge in [-0.1, -0.05) is 15.9 Å². The van der Waals surface area contributed by atoms with Crippen LogP contribution in [0.2, 0.25) is 0 Å². The van der Waals surface area contributed by atoms with E-state index in [0.29, 0.717) is 26.7 Å². The second-order valence-electron chi connectivity index (χ2n) is 3.82. The van der Waals surface area contributed by atoms with Crippen LogP contribution in [0.25, 0.3) is 10.8 Å². The van der Waals surface area contributed by atoms with Crippen LogP contribution in [-0.2, 0) is 0 Å². The Morgan fingerprint density at radius 1 is 1.21 bits per heavy atom. The smallest absolute Gasteiger partial charge is 0.335 e. The molecule has 19 heavy (non-hydrogen) atoms. The van der Waals surface area contributed by atoms with E-state index in [1.165, 1.54) is 26.4 Å². The summed E-state index contributed by atoms with van der Waals surface area (Å²) in [5.74, 6) is -0.486. The Kier molecular flexibility index (Phi) is 3.53. The Morgan fingerprint density at radius 2 is 1.89 bits per heavy atom. The maximum Gasteiger partial charge on any atom is 0.335 e. The van der Waals surface area contributed by atoms with Crippen molar-refractivity contribution in [3.05, 3.63) is 28.2 Å². The fourth-order valence-corrected chi connectivity index (χ4v) is 2.43. The van der Waals surface area contributed by atoms with Crippen molar-refractivity contribution in [2.45, 2.75) is 0 Å². The zero-order valence-electron chi connectivity index (χ0n) is 10.2. The van der Waals surface area contributed by atoms with Crippen molar-refractivity contribution in [1.29, 1.82) is 0 Å². The maximum atomic E-state index is 11.0. The van der Waals surface area contributed by atoms with Gasteiger partial charge in [-0.15, -0.1) is 0 Å². The summed E-state index contributed by atoms with van der Waals surface area (Å²) in [5, 5.41) is 20.0. The van der Waals surface area contributed by atoms with Crippen LogP contribution in [0.5, 0.6) is 17.2 Å². The number of hydrogen-bond acceptors (Lipinski definition) is 4. The zero-order chi connectivity index (χ0) is 14.2. The van der Waals surface area contributed by atoms with Gasteiger partial charge in [0.15, 0.2) is 11.5 Å². The lowest BCUT2D eigenvalue weighted by atomic mass is 10.0. The summed E-state index contributed by atoms with van der Waals surface area (Å²) in [7, 11) is 2.94. The summed E-state index contributed by atoms with van der Waals surface area (Å²) in [4.78, 5) is 11.0. The number of rotatable bonds is 3. The number of carboxylic acid groups (broad SMARTS) is 1. The van der Waals surface area contributed by atoms with Crippen LogP contribution in [0.3, 0.4) is 0 Å². The fraction of sp³-hybridized carbons (Fsp3) is 0.154. The maximum absolute atomic E-state index is 11.0. The van der Waals surface area contributed by atoms with E-state index in [1.54, 1.807) is 6.07 Å². The molecule has 0 aromatic heterocycles. The number of halogens is 1. The first kappa shape index (κ1) is 13.5. The first-order valence-corrected chi connectivity index (χ1v) is 6.09. The molecule has 5 nitrogen and oxygen atoms in total. The van der Waals surface area contributed by atoms with Crippen molar-refractivity contribution in [2.75, 3.05) is 14.2 Å². The van der Waals surface area contributed by atoms with Crippen molar-refractivity contribution in [2.24, 2.45) is 0 Å². The Labute approximate surface area is 117 Å². The molecule has 2 aromatic carbocycles. The van der Waals surface area contributed by atoms with Crippen LogP contribution in [-0.4, -0.2) is 30.4 Å². The van der Waals surface area contributed by atoms with Gasteiger partial charge in [-0.3, -0.25) is 0 Å². The molecule has 0 bridgehead atoms. The molecule has 0 amide bonds. The minimum atomic E-state index is -1.11. The standard InChI is InChI=1S/C13H11BrO5/c1-18-10-5-8(14)7-3-6(13(16)17)4-9(15)11(7)12(10)19-2/h3-5,15H,1-2H3,(H,16,17). The number of carboxylic acids is 1. The molecule has 0 fully saturated rings. The highest BCUT2D eigenvalue weighted by atomic mass is 79.9. The first-order chi connectivity index (χ1) is 8.99. The average Bonchev–Trinajstić information content (AvgIpc) is 2.38. The number of methoxy groups -OCH3 is 2. The van der Waals surface area contributed by atoms with Gasteiger partial charge in [0.25, 0.3) is 0 Å². The number of benzene rings is 2. The minimum absolute atomic E-state index is 0.00193. The van der Waals surface area contributed by atoms with Gasteiger partial charge < -0.3 is 19.7 Å². The molecular weight excluding hydrogens is 316 g/mol. The van der Waals surface area contributed by atoms with E-state index in [2.05, 4.69) is 15.9 Å². The quantitative estimate of drug-likeness (QED) is 0.906. The first-order valence-electron chi connectivity index (χ1n) is 5.30. The van der Waals surface area contributed by atoms with E-state index < -0.39 is 5.97 Å². The van der Waals surface area contributed by atoms with Crippen molar-refractivity contribution in [3.63, 3.8) is 0 Å². The number of phenolic OH excluding ortho intramolecular Hbond substituents is 1. The molecule has 0 heterocycles. The number of aromatic carboxylic acids is 1. The van der Waals surface area contributed by atoms with E-state index >= 15 is 0 Å². The number of hydrogen-bond donors (Lipinski definition) is 2. The summed E-state index contributed by atoms with van der Waals surface area (Å²) < 4.78 is 11.0. The monoisotopic (exact) mass is 326 g/mol. The summed E-state index contributed by atoms with van der Waals surface area (Å²) >= 11 is 3.33. The predicted molar refractivity (Wildman–Crippen MR) is 73.4 cm³/mol. The molecule has 0 radical (unpaired) electrons. The van der Waals surface area contributed by atoms with Gasteiger partial charge in [-0.2, -0.15) is 0 Å². The molecule has 0 saturated heterocycles. The summed E-state index contributed by atoms with van der Waals surface area (Å²) in [6, 6.07) is 4.30. The highest BCUT2D eigenvalue weighted by Gasteiger charge is 2.18.